The maximum Gasteiger partial charge on any atom is 0.242 e. The van der Waals surface area contributed by atoms with Crippen molar-refractivity contribution in [2.45, 2.75) is 44.3 Å². The van der Waals surface area contributed by atoms with Crippen LogP contribution in [0, 0.1) is 5.92 Å². The number of hydrogen-bond acceptors (Lipinski definition) is 4. The van der Waals surface area contributed by atoms with Gasteiger partial charge in [0.1, 0.15) is 0 Å². The fourth-order valence-electron chi connectivity index (χ4n) is 3.26. The third kappa shape index (κ3) is 5.21. The number of hydrogen-bond donors (Lipinski definition) is 2. The largest absolute Gasteiger partial charge is 0.352 e. The minimum Gasteiger partial charge on any atom is -0.352 e. The van der Waals surface area contributed by atoms with Crippen molar-refractivity contribution in [1.82, 2.24) is 19.8 Å². The van der Waals surface area contributed by atoms with E-state index in [-0.39, 0.29) is 0 Å². The van der Waals surface area contributed by atoms with Crippen LogP contribution in [0.3, 0.4) is 0 Å². The Labute approximate surface area is 163 Å². The van der Waals surface area contributed by atoms with Crippen LogP contribution in [0.25, 0.3) is 0 Å². The van der Waals surface area contributed by atoms with Crippen molar-refractivity contribution in [3.05, 3.63) is 29.8 Å². The lowest BCUT2D eigenvalue weighted by molar-refractivity contribution is 0.265. The van der Waals surface area contributed by atoms with Crippen LogP contribution in [0.2, 0.25) is 0 Å². The number of nitrogens with one attached hydrogen (secondary N) is 2. The van der Waals surface area contributed by atoms with Crippen LogP contribution in [-0.2, 0) is 16.6 Å². The molecule has 0 radical (unpaired) electrons. The molecule has 1 aromatic rings. The molecule has 0 aliphatic carbocycles. The summed E-state index contributed by atoms with van der Waals surface area (Å²) in [7, 11) is 1.34. The molecule has 7 nitrogen and oxygen atoms in total. The summed E-state index contributed by atoms with van der Waals surface area (Å²) in [6, 6.07) is 7.91. The van der Waals surface area contributed by atoms with Crippen molar-refractivity contribution in [3.63, 3.8) is 0 Å². The van der Waals surface area contributed by atoms with Gasteiger partial charge in [-0.15, -0.1) is 0 Å². The molecule has 2 atom stereocenters. The highest BCUT2D eigenvalue weighted by molar-refractivity contribution is 7.89. The molecule has 1 saturated heterocycles. The number of nitrogens with zero attached hydrogens (tertiary/aromatic N) is 3. The van der Waals surface area contributed by atoms with Crippen molar-refractivity contribution in [1.29, 1.82) is 0 Å². The summed E-state index contributed by atoms with van der Waals surface area (Å²) in [6.45, 7) is 9.10. The molecule has 8 heteroatoms. The fourth-order valence-corrected chi connectivity index (χ4v) is 4.38. The lowest BCUT2D eigenvalue weighted by atomic mass is 10.1. The molecule has 1 aliphatic rings. The topological polar surface area (TPSA) is 77.0 Å². The van der Waals surface area contributed by atoms with Crippen LogP contribution >= 0.6 is 0 Å². The van der Waals surface area contributed by atoms with Gasteiger partial charge in [0.05, 0.1) is 4.90 Å². The first-order valence-corrected chi connectivity index (χ1v) is 10.8. The molecule has 2 N–H and O–H groups in total. The third-order valence-electron chi connectivity index (χ3n) is 5.09. The van der Waals surface area contributed by atoms with E-state index in [1.54, 1.807) is 33.3 Å². The second-order valence-electron chi connectivity index (χ2n) is 7.60. The molecular formula is C19H33N5O2S. The molecule has 1 heterocycles. The highest BCUT2D eigenvalue weighted by Gasteiger charge is 2.31. The lowest BCUT2D eigenvalue weighted by Crippen LogP contribution is -2.46. The highest BCUT2D eigenvalue weighted by Crippen LogP contribution is 2.20. The molecular weight excluding hydrogens is 362 g/mol. The summed E-state index contributed by atoms with van der Waals surface area (Å²) in [5.41, 5.74) is 0.720. The SMILES string of the molecule is CN=C(NCc1ccccc1S(=O)(=O)N(C)C)NC1CN(C(C)C)CC1C. The van der Waals surface area contributed by atoms with Crippen molar-refractivity contribution < 1.29 is 8.42 Å². The zero-order valence-electron chi connectivity index (χ0n) is 17.2. The Hall–Kier alpha value is -1.64. The van der Waals surface area contributed by atoms with Gasteiger partial charge < -0.3 is 10.6 Å². The molecule has 0 spiro atoms. The summed E-state index contributed by atoms with van der Waals surface area (Å²) >= 11 is 0. The Balaban J connectivity index is 2.06. The Bertz CT molecular complexity index is 761. The zero-order valence-corrected chi connectivity index (χ0v) is 18.0. The number of aliphatic imine (C=N–C) groups is 1. The molecule has 0 bridgehead atoms. The quantitative estimate of drug-likeness (QED) is 0.561. The van der Waals surface area contributed by atoms with Gasteiger partial charge in [0.2, 0.25) is 10.0 Å². The summed E-state index contributed by atoms with van der Waals surface area (Å²) in [6.07, 6.45) is 0. The van der Waals surface area contributed by atoms with Crippen molar-refractivity contribution in [2.24, 2.45) is 10.9 Å². The van der Waals surface area contributed by atoms with Gasteiger partial charge in [0, 0.05) is 52.9 Å². The number of rotatable bonds is 6. The molecule has 27 heavy (non-hydrogen) atoms. The maximum atomic E-state index is 12.5. The van der Waals surface area contributed by atoms with E-state index in [1.165, 1.54) is 4.31 Å². The first-order valence-electron chi connectivity index (χ1n) is 9.38. The number of likely N-dealkylation sites (tertiary alicyclic amines) is 1. The van der Waals surface area contributed by atoms with Crippen molar-refractivity contribution >= 4 is 16.0 Å². The van der Waals surface area contributed by atoms with Crippen LogP contribution in [0.5, 0.6) is 0 Å². The molecule has 2 rings (SSSR count). The Morgan fingerprint density at radius 2 is 1.96 bits per heavy atom. The van der Waals surface area contributed by atoms with Gasteiger partial charge in [-0.05, 0) is 31.4 Å². The highest BCUT2D eigenvalue weighted by atomic mass is 32.2. The van der Waals surface area contributed by atoms with E-state index in [1.807, 2.05) is 12.1 Å². The minimum atomic E-state index is -3.48. The minimum absolute atomic E-state index is 0.318. The van der Waals surface area contributed by atoms with Gasteiger partial charge in [0.15, 0.2) is 5.96 Å². The van der Waals surface area contributed by atoms with Crippen LogP contribution in [0.1, 0.15) is 26.3 Å². The number of sulfonamides is 1. The third-order valence-corrected chi connectivity index (χ3v) is 7.01. The molecule has 0 saturated carbocycles. The van der Waals surface area contributed by atoms with Crippen LogP contribution in [0.4, 0.5) is 0 Å². The summed E-state index contributed by atoms with van der Waals surface area (Å²) in [5, 5.41) is 6.75. The van der Waals surface area contributed by atoms with Crippen LogP contribution < -0.4 is 10.6 Å². The van der Waals surface area contributed by atoms with Gasteiger partial charge in [-0.25, -0.2) is 12.7 Å². The monoisotopic (exact) mass is 395 g/mol. The number of guanidine groups is 1. The Morgan fingerprint density at radius 1 is 1.30 bits per heavy atom. The fraction of sp³-hybridized carbons (Fsp3) is 0.632. The number of benzene rings is 1. The van der Waals surface area contributed by atoms with E-state index in [9.17, 15) is 8.42 Å². The normalized spacial score (nSPS) is 21.9. The second kappa shape index (κ2) is 9.03. The van der Waals surface area contributed by atoms with E-state index in [2.05, 4.69) is 41.3 Å². The molecule has 1 aliphatic heterocycles. The predicted octanol–water partition coefficient (Wildman–Crippen LogP) is 1.33. The maximum absolute atomic E-state index is 12.5. The Morgan fingerprint density at radius 3 is 2.52 bits per heavy atom. The smallest absolute Gasteiger partial charge is 0.242 e. The van der Waals surface area contributed by atoms with E-state index in [0.29, 0.717) is 35.4 Å². The lowest BCUT2D eigenvalue weighted by Gasteiger charge is -2.22. The first kappa shape index (κ1) is 21.7. The van der Waals surface area contributed by atoms with E-state index in [4.69, 9.17) is 0 Å². The Kier molecular flexibility index (Phi) is 7.25. The van der Waals surface area contributed by atoms with Crippen LogP contribution in [-0.4, -0.2) is 69.9 Å². The average molecular weight is 396 g/mol. The van der Waals surface area contributed by atoms with Crippen LogP contribution in [0.15, 0.2) is 34.2 Å². The first-order chi connectivity index (χ1) is 12.7. The molecule has 1 fully saturated rings. The second-order valence-corrected chi connectivity index (χ2v) is 9.72. The molecule has 2 unspecified atom stereocenters. The van der Waals surface area contributed by atoms with Gasteiger partial charge in [-0.1, -0.05) is 25.1 Å². The van der Waals surface area contributed by atoms with Gasteiger partial charge >= 0.3 is 0 Å². The zero-order chi connectivity index (χ0) is 20.2. The van der Waals surface area contributed by atoms with E-state index < -0.39 is 10.0 Å². The van der Waals surface area contributed by atoms with E-state index >= 15 is 0 Å². The molecule has 1 aromatic carbocycles. The molecule has 0 aromatic heterocycles. The van der Waals surface area contributed by atoms with Crippen molar-refractivity contribution in [2.75, 3.05) is 34.2 Å². The standard InChI is InChI=1S/C19H33N5O2S/c1-14(2)24-12-15(3)17(13-24)22-19(20-4)21-11-16-9-7-8-10-18(16)27(25,26)23(5)6/h7-10,14-15,17H,11-13H2,1-6H3,(H2,20,21,22). The summed E-state index contributed by atoms with van der Waals surface area (Å²) in [5.74, 6) is 1.21. The van der Waals surface area contributed by atoms with Crippen molar-refractivity contribution in [3.8, 4) is 0 Å². The van der Waals surface area contributed by atoms with E-state index in [0.717, 1.165) is 18.7 Å². The van der Waals surface area contributed by atoms with Gasteiger partial charge in [-0.2, -0.15) is 0 Å². The summed E-state index contributed by atoms with van der Waals surface area (Å²) in [4.78, 5) is 7.08. The summed E-state index contributed by atoms with van der Waals surface area (Å²) < 4.78 is 26.3. The molecule has 0 amide bonds. The van der Waals surface area contributed by atoms with Gasteiger partial charge in [-0.3, -0.25) is 9.89 Å². The average Bonchev–Trinajstić information content (AvgIpc) is 2.99. The predicted molar refractivity (Wildman–Crippen MR) is 110 cm³/mol. The van der Waals surface area contributed by atoms with Gasteiger partial charge in [0.25, 0.3) is 0 Å². The molecule has 152 valence electrons.